The second kappa shape index (κ2) is 61.6. The van der Waals surface area contributed by atoms with Gasteiger partial charge in [0.05, 0.1) is 26.4 Å². The molecule has 0 aliphatic carbocycles. The highest BCUT2D eigenvalue weighted by atomic mass is 31.2. The molecule has 3 N–H and O–H groups in total. The zero-order valence-electron chi connectivity index (χ0n) is 59.5. The van der Waals surface area contributed by atoms with Crippen LogP contribution in [0.4, 0.5) is 0 Å². The van der Waals surface area contributed by atoms with E-state index in [4.69, 9.17) is 37.0 Å². The number of esters is 4. The molecule has 4 unspecified atom stereocenters. The van der Waals surface area contributed by atoms with Crippen LogP contribution in [-0.4, -0.2) is 96.7 Å². The van der Waals surface area contributed by atoms with Crippen molar-refractivity contribution in [2.45, 2.75) is 375 Å². The largest absolute Gasteiger partial charge is 0.472 e. The number of carbonyl (C=O) groups excluding carboxylic acids is 4. The van der Waals surface area contributed by atoms with E-state index in [0.717, 1.165) is 114 Å². The second-order valence-corrected chi connectivity index (χ2v) is 30.6. The molecule has 0 saturated carbocycles. The van der Waals surface area contributed by atoms with Crippen molar-refractivity contribution < 1.29 is 80.2 Å². The van der Waals surface area contributed by atoms with Crippen molar-refractivity contribution in [3.05, 3.63) is 0 Å². The van der Waals surface area contributed by atoms with Crippen LogP contribution < -0.4 is 0 Å². The van der Waals surface area contributed by atoms with Gasteiger partial charge in [-0.15, -0.1) is 0 Å². The SMILES string of the molecule is CCC(C)CCCCCCCCCCCCC(=O)O[C@H](COC(=O)CCCCCCCCCCCCCC(C)C)COP(=O)(O)OCC(O)COP(=O)(O)OC[C@@H](COC(=O)CCCCCCCCCCC(C)C)OC(=O)CCCCCCCCCCCC(C)C. The third kappa shape index (κ3) is 65.1. The number of hydrogen-bond donors (Lipinski definition) is 3. The highest BCUT2D eigenvalue weighted by Crippen LogP contribution is 2.45. The number of phosphoric ester groups is 2. The van der Waals surface area contributed by atoms with Gasteiger partial charge in [0.2, 0.25) is 0 Å². The predicted molar refractivity (Wildman–Crippen MR) is 367 cm³/mol. The molecule has 0 aromatic rings. The number of rotatable bonds is 69. The summed E-state index contributed by atoms with van der Waals surface area (Å²) in [6.07, 6.45) is 44.3. The highest BCUT2D eigenvalue weighted by Gasteiger charge is 2.30. The Balaban J connectivity index is 5.27. The Labute approximate surface area is 556 Å². The standard InChI is InChI=1S/C72H140O17P2/c1-9-65(8)51-43-35-27-18-13-14-20-30-38-46-54-71(76)88-67(58-82-69(74)52-44-36-28-19-12-10-11-16-24-32-40-48-62(2)3)60-86-90(78,79)84-56-66(73)57-85-91(80,81)87-61-68(59-83-70(75)53-45-37-29-23-22-26-34-42-50-64(6)7)89-72(77)55-47-39-31-21-15-17-25-33-41-49-63(4)5/h62-68,73H,9-61H2,1-8H3,(H,78,79)(H,80,81)/t65?,66?,67-,68-/m1/s1. The molecule has 540 valence electrons. The topological polar surface area (TPSA) is 237 Å². The maximum Gasteiger partial charge on any atom is 0.472 e. The number of ether oxygens (including phenoxy) is 4. The molecule has 0 spiro atoms. The third-order valence-electron chi connectivity index (χ3n) is 16.9. The van der Waals surface area contributed by atoms with Gasteiger partial charge in [0.1, 0.15) is 19.3 Å². The summed E-state index contributed by atoms with van der Waals surface area (Å²) in [6.45, 7) is 14.1. The lowest BCUT2D eigenvalue weighted by atomic mass is 9.99. The molecule has 0 bridgehead atoms. The van der Waals surface area contributed by atoms with Gasteiger partial charge in [0, 0.05) is 25.7 Å². The third-order valence-corrected chi connectivity index (χ3v) is 18.8. The van der Waals surface area contributed by atoms with Crippen LogP contribution in [0.1, 0.15) is 357 Å². The van der Waals surface area contributed by atoms with E-state index >= 15 is 0 Å². The lowest BCUT2D eigenvalue weighted by molar-refractivity contribution is -0.161. The summed E-state index contributed by atoms with van der Waals surface area (Å²) >= 11 is 0. The Morgan fingerprint density at radius 3 is 0.780 bits per heavy atom. The molecular formula is C72H140O17P2. The van der Waals surface area contributed by atoms with E-state index in [1.807, 2.05) is 0 Å². The molecule has 6 atom stereocenters. The minimum absolute atomic E-state index is 0.104. The average Bonchev–Trinajstić information content (AvgIpc) is 3.71. The quantitative estimate of drug-likeness (QED) is 0.0222. The fourth-order valence-electron chi connectivity index (χ4n) is 10.8. The molecular weight excluding hydrogens is 1200 g/mol. The molecule has 0 amide bonds. The number of aliphatic hydroxyl groups is 1. The fraction of sp³-hybridized carbons (Fsp3) is 0.944. The lowest BCUT2D eigenvalue weighted by Gasteiger charge is -2.21. The Bertz CT molecular complexity index is 1800. The molecule has 0 radical (unpaired) electrons. The molecule has 0 aromatic carbocycles. The normalized spacial score (nSPS) is 14.5. The van der Waals surface area contributed by atoms with Crippen molar-refractivity contribution in [3.63, 3.8) is 0 Å². The summed E-state index contributed by atoms with van der Waals surface area (Å²) in [7, 11) is -9.91. The molecule has 19 heteroatoms. The minimum atomic E-state index is -4.95. The van der Waals surface area contributed by atoms with Gasteiger partial charge in [-0.1, -0.05) is 306 Å². The fourth-order valence-corrected chi connectivity index (χ4v) is 12.4. The van der Waals surface area contributed by atoms with Crippen molar-refractivity contribution in [1.82, 2.24) is 0 Å². The first-order valence-electron chi connectivity index (χ1n) is 37.2. The molecule has 0 fully saturated rings. The number of phosphoric acid groups is 2. The van der Waals surface area contributed by atoms with Crippen LogP contribution in [0, 0.1) is 23.7 Å². The van der Waals surface area contributed by atoms with Crippen molar-refractivity contribution in [2.75, 3.05) is 39.6 Å². The van der Waals surface area contributed by atoms with E-state index in [9.17, 15) is 43.2 Å². The minimum Gasteiger partial charge on any atom is -0.462 e. The van der Waals surface area contributed by atoms with Crippen LogP contribution in [0.5, 0.6) is 0 Å². The Kier molecular flexibility index (Phi) is 60.3. The monoisotopic (exact) mass is 1340 g/mol. The zero-order valence-corrected chi connectivity index (χ0v) is 61.3. The van der Waals surface area contributed by atoms with E-state index in [2.05, 4.69) is 55.4 Å². The van der Waals surface area contributed by atoms with Crippen LogP contribution in [0.3, 0.4) is 0 Å². The van der Waals surface area contributed by atoms with Gasteiger partial charge in [-0.05, 0) is 49.4 Å². The molecule has 0 aliphatic rings. The van der Waals surface area contributed by atoms with Crippen molar-refractivity contribution in [2.24, 2.45) is 23.7 Å². The summed E-state index contributed by atoms with van der Waals surface area (Å²) in [4.78, 5) is 72.7. The lowest BCUT2D eigenvalue weighted by Crippen LogP contribution is -2.30. The first kappa shape index (κ1) is 89.1. The van der Waals surface area contributed by atoms with Gasteiger partial charge in [-0.25, -0.2) is 9.13 Å². The van der Waals surface area contributed by atoms with Crippen molar-refractivity contribution in [3.8, 4) is 0 Å². The summed E-state index contributed by atoms with van der Waals surface area (Å²) in [5.41, 5.74) is 0. The van der Waals surface area contributed by atoms with Crippen LogP contribution in [0.15, 0.2) is 0 Å². The van der Waals surface area contributed by atoms with Gasteiger partial charge in [-0.2, -0.15) is 0 Å². The summed E-state index contributed by atoms with van der Waals surface area (Å²) < 4.78 is 68.4. The number of unbranched alkanes of at least 4 members (excludes halogenated alkanes) is 34. The maximum atomic E-state index is 13.0. The molecule has 0 heterocycles. The second-order valence-electron chi connectivity index (χ2n) is 27.6. The van der Waals surface area contributed by atoms with Crippen LogP contribution in [0.25, 0.3) is 0 Å². The first-order valence-corrected chi connectivity index (χ1v) is 40.2. The van der Waals surface area contributed by atoms with Crippen LogP contribution in [0.2, 0.25) is 0 Å². The zero-order chi connectivity index (χ0) is 67.5. The molecule has 17 nitrogen and oxygen atoms in total. The number of hydrogen-bond acceptors (Lipinski definition) is 15. The number of carbonyl (C=O) groups is 4. The van der Waals surface area contributed by atoms with Gasteiger partial charge in [0.15, 0.2) is 12.2 Å². The predicted octanol–water partition coefficient (Wildman–Crippen LogP) is 20.5. The van der Waals surface area contributed by atoms with Gasteiger partial charge in [0.25, 0.3) is 0 Å². The van der Waals surface area contributed by atoms with Gasteiger partial charge < -0.3 is 33.8 Å². The molecule has 0 saturated heterocycles. The summed E-state index contributed by atoms with van der Waals surface area (Å²) in [5.74, 6) is 0.910. The van der Waals surface area contributed by atoms with E-state index in [-0.39, 0.29) is 25.7 Å². The van der Waals surface area contributed by atoms with Gasteiger partial charge in [-0.3, -0.25) is 37.3 Å². The maximum absolute atomic E-state index is 13.0. The first-order chi connectivity index (χ1) is 43.6. The van der Waals surface area contributed by atoms with E-state index in [0.29, 0.717) is 25.7 Å². The molecule has 0 aromatic heterocycles. The molecule has 0 rings (SSSR count). The van der Waals surface area contributed by atoms with E-state index in [1.165, 1.54) is 161 Å². The highest BCUT2D eigenvalue weighted by molar-refractivity contribution is 7.47. The van der Waals surface area contributed by atoms with Crippen molar-refractivity contribution >= 4 is 39.5 Å². The van der Waals surface area contributed by atoms with Crippen molar-refractivity contribution in [1.29, 1.82) is 0 Å². The Hall–Kier alpha value is -1.94. The van der Waals surface area contributed by atoms with Crippen LogP contribution in [-0.2, 0) is 65.4 Å². The van der Waals surface area contributed by atoms with Crippen LogP contribution >= 0.6 is 15.6 Å². The molecule has 0 aliphatic heterocycles. The Morgan fingerprint density at radius 2 is 0.527 bits per heavy atom. The average molecular weight is 1340 g/mol. The van der Waals surface area contributed by atoms with E-state index < -0.39 is 97.5 Å². The Morgan fingerprint density at radius 1 is 0.308 bits per heavy atom. The summed E-state index contributed by atoms with van der Waals surface area (Å²) in [6, 6.07) is 0. The van der Waals surface area contributed by atoms with E-state index in [1.54, 1.807) is 0 Å². The summed E-state index contributed by atoms with van der Waals surface area (Å²) in [5, 5.41) is 10.6. The smallest absolute Gasteiger partial charge is 0.462 e. The molecule has 91 heavy (non-hydrogen) atoms. The van der Waals surface area contributed by atoms with Gasteiger partial charge >= 0.3 is 39.5 Å². The number of aliphatic hydroxyl groups excluding tert-OH is 1.